The van der Waals surface area contributed by atoms with E-state index in [1.54, 1.807) is 0 Å². The first kappa shape index (κ1) is 37.1. The Balaban J connectivity index is 1.25. The van der Waals surface area contributed by atoms with Crippen LogP contribution in [0.5, 0.6) is 0 Å². The van der Waals surface area contributed by atoms with Crippen LogP contribution in [0, 0.1) is 5.92 Å². The van der Waals surface area contributed by atoms with Crippen molar-refractivity contribution in [1.29, 1.82) is 0 Å². The van der Waals surface area contributed by atoms with Crippen molar-refractivity contribution in [2.75, 3.05) is 18.6 Å². The van der Waals surface area contributed by atoms with Crippen molar-refractivity contribution in [2.45, 2.75) is 103 Å². The van der Waals surface area contributed by atoms with Gasteiger partial charge in [0.1, 0.15) is 28.7 Å². The maximum Gasteiger partial charge on any atom is 0.407 e. The first-order chi connectivity index (χ1) is 25.3. The zero-order chi connectivity index (χ0) is 37.8. The Morgan fingerprint density at radius 3 is 2.06 bits per heavy atom. The number of rotatable bonds is 8. The molecule has 2 amide bonds. The summed E-state index contributed by atoms with van der Waals surface area (Å²) in [5.41, 5.74) is 7.65. The molecular formula is C41H49Cl2N7O3. The molecule has 7 rings (SSSR count). The van der Waals surface area contributed by atoms with Gasteiger partial charge >= 0.3 is 6.09 Å². The third-order valence-electron chi connectivity index (χ3n) is 11.0. The fourth-order valence-electron chi connectivity index (χ4n) is 8.13. The lowest BCUT2D eigenvalue weighted by Crippen LogP contribution is -2.51. The summed E-state index contributed by atoms with van der Waals surface area (Å²) in [6, 6.07) is 16.2. The van der Waals surface area contributed by atoms with Gasteiger partial charge in [0.15, 0.2) is 0 Å². The van der Waals surface area contributed by atoms with Crippen LogP contribution in [0.25, 0.3) is 22.1 Å². The van der Waals surface area contributed by atoms with Gasteiger partial charge in [-0.3, -0.25) is 4.79 Å². The first-order valence-electron chi connectivity index (χ1n) is 18.7. The lowest BCUT2D eigenvalue weighted by atomic mass is 9.87. The molecule has 2 aliphatic heterocycles. The van der Waals surface area contributed by atoms with Gasteiger partial charge in [0.25, 0.3) is 0 Å². The molecule has 4 heterocycles. The molecule has 10 nitrogen and oxygen atoms in total. The Bertz CT molecular complexity index is 2150. The van der Waals surface area contributed by atoms with Gasteiger partial charge < -0.3 is 29.8 Å². The highest BCUT2D eigenvalue weighted by molar-refractivity contribution is 6.36. The number of aryl methyl sites for hydroxylation is 1. The Morgan fingerprint density at radius 2 is 1.49 bits per heavy atom. The molecule has 53 heavy (non-hydrogen) atoms. The summed E-state index contributed by atoms with van der Waals surface area (Å²) in [6.45, 7) is 13.1. The smallest absolute Gasteiger partial charge is 0.407 e. The summed E-state index contributed by atoms with van der Waals surface area (Å²) < 4.78 is 4.81. The number of nitrogens with one attached hydrogen (secondary N) is 3. The third-order valence-corrected chi connectivity index (χ3v) is 11.8. The number of fused-ring (bicyclic) bond motifs is 2. The first-order valence-corrected chi connectivity index (χ1v) is 19.4. The lowest BCUT2D eigenvalue weighted by Gasteiger charge is -2.34. The molecule has 4 unspecified atom stereocenters. The average Bonchev–Trinajstić information content (AvgIpc) is 3.95. The molecule has 2 fully saturated rings. The van der Waals surface area contributed by atoms with Crippen molar-refractivity contribution in [3.63, 3.8) is 0 Å². The number of anilines is 1. The van der Waals surface area contributed by atoms with E-state index in [1.165, 1.54) is 12.7 Å². The molecule has 3 N–H and O–H groups in total. The van der Waals surface area contributed by atoms with Crippen molar-refractivity contribution in [3.05, 3.63) is 86.9 Å². The summed E-state index contributed by atoms with van der Waals surface area (Å²) in [5.74, 6) is 1.33. The van der Waals surface area contributed by atoms with E-state index in [1.807, 2.05) is 24.8 Å². The van der Waals surface area contributed by atoms with Crippen molar-refractivity contribution < 1.29 is 14.3 Å². The van der Waals surface area contributed by atoms with Crippen LogP contribution >= 0.6 is 23.2 Å². The number of nitrogens with zero attached hydrogens (tertiary/aromatic N) is 4. The Morgan fingerprint density at radius 1 is 0.887 bits per heavy atom. The molecule has 2 aromatic heterocycles. The van der Waals surface area contributed by atoms with E-state index < -0.39 is 12.1 Å². The molecule has 0 spiro atoms. The number of aromatic amines is 2. The topological polar surface area (TPSA) is 119 Å². The van der Waals surface area contributed by atoms with Gasteiger partial charge in [-0.25, -0.2) is 14.8 Å². The van der Waals surface area contributed by atoms with Crippen molar-refractivity contribution in [2.24, 2.45) is 5.92 Å². The van der Waals surface area contributed by atoms with Crippen LogP contribution in [0.4, 0.5) is 10.5 Å². The van der Waals surface area contributed by atoms with Crippen LogP contribution in [0.2, 0.25) is 10.0 Å². The lowest BCUT2D eigenvalue weighted by molar-refractivity contribution is -0.135. The maximum atomic E-state index is 13.8. The minimum Gasteiger partial charge on any atom is -0.453 e. The molecule has 2 aliphatic rings. The van der Waals surface area contributed by atoms with E-state index in [4.69, 9.17) is 37.9 Å². The number of amides is 2. The van der Waals surface area contributed by atoms with E-state index in [0.717, 1.165) is 71.3 Å². The Labute approximate surface area is 321 Å². The summed E-state index contributed by atoms with van der Waals surface area (Å²) >= 11 is 14.6. The number of methoxy groups -OCH3 is 1. The van der Waals surface area contributed by atoms with Crippen LogP contribution in [0.15, 0.2) is 48.5 Å². The van der Waals surface area contributed by atoms with Crippen molar-refractivity contribution in [3.8, 4) is 0 Å². The Kier molecular flexibility index (Phi) is 10.1. The van der Waals surface area contributed by atoms with Gasteiger partial charge in [-0.05, 0) is 78.0 Å². The molecule has 5 aromatic rings. The normalized spacial score (nSPS) is 19.8. The molecule has 0 saturated carbocycles. The van der Waals surface area contributed by atoms with Gasteiger partial charge in [-0.1, -0.05) is 89.0 Å². The summed E-state index contributed by atoms with van der Waals surface area (Å²) in [5, 5.41) is 4.00. The van der Waals surface area contributed by atoms with E-state index in [-0.39, 0.29) is 35.4 Å². The van der Waals surface area contributed by atoms with Crippen LogP contribution in [-0.2, 0) is 21.4 Å². The molecule has 12 heteroatoms. The van der Waals surface area contributed by atoms with Crippen molar-refractivity contribution >= 4 is 63.0 Å². The fraction of sp³-hybridized carbons (Fsp3) is 0.463. The van der Waals surface area contributed by atoms with Crippen LogP contribution in [0.1, 0.15) is 114 Å². The van der Waals surface area contributed by atoms with Gasteiger partial charge in [0.05, 0.1) is 46.3 Å². The van der Waals surface area contributed by atoms with Crippen LogP contribution < -0.4 is 10.2 Å². The number of ether oxygens (including phenoxy) is 1. The van der Waals surface area contributed by atoms with E-state index in [2.05, 4.69) is 90.3 Å². The van der Waals surface area contributed by atoms with Gasteiger partial charge in [-0.2, -0.15) is 0 Å². The zero-order valence-electron chi connectivity index (χ0n) is 31.5. The summed E-state index contributed by atoms with van der Waals surface area (Å²) in [4.78, 5) is 47.0. The number of halogens is 2. The van der Waals surface area contributed by atoms with Gasteiger partial charge in [-0.15, -0.1) is 0 Å². The number of alkyl carbamates (subject to hydrolysis) is 1. The highest BCUT2D eigenvalue weighted by Gasteiger charge is 2.40. The fourth-order valence-corrected chi connectivity index (χ4v) is 8.80. The van der Waals surface area contributed by atoms with Crippen LogP contribution in [-0.4, -0.2) is 56.5 Å². The van der Waals surface area contributed by atoms with Gasteiger partial charge in [0.2, 0.25) is 5.91 Å². The van der Waals surface area contributed by atoms with Gasteiger partial charge in [0, 0.05) is 18.7 Å². The number of carbonyl (C=O) groups excluding carboxylic acids is 2. The summed E-state index contributed by atoms with van der Waals surface area (Å²) in [7, 11) is 1.30. The number of hydrogen-bond donors (Lipinski definition) is 3. The second-order valence-electron chi connectivity index (χ2n) is 15.7. The number of hydrogen-bond acceptors (Lipinski definition) is 6. The third kappa shape index (κ3) is 6.84. The SMILES string of the molecule is CCc1nc2c(Cl)c(C3CCC(c4ccc5[nH]c(C6CCCN6C(=O)C(NC(=O)OC)C(C)C)nc5c4Cl)N3c3ccc(C(C)(C)C)cc3)ccc2[nH]1. The molecule has 0 radical (unpaired) electrons. The monoisotopic (exact) mass is 757 g/mol. The number of aromatic nitrogens is 4. The number of imidazole rings is 2. The van der Waals surface area contributed by atoms with E-state index in [0.29, 0.717) is 27.9 Å². The predicted molar refractivity (Wildman–Crippen MR) is 212 cm³/mol. The number of benzene rings is 3. The zero-order valence-corrected chi connectivity index (χ0v) is 33.0. The molecule has 4 atom stereocenters. The number of likely N-dealkylation sites (tertiary alicyclic amines) is 1. The predicted octanol–water partition coefficient (Wildman–Crippen LogP) is 9.73. The molecule has 280 valence electrons. The Hall–Kier alpha value is -4.28. The number of carbonyl (C=O) groups is 2. The van der Waals surface area contributed by atoms with Crippen LogP contribution in [0.3, 0.4) is 0 Å². The minimum atomic E-state index is -0.711. The molecule has 0 bridgehead atoms. The highest BCUT2D eigenvalue weighted by atomic mass is 35.5. The molecule has 0 aliphatic carbocycles. The maximum absolute atomic E-state index is 13.8. The van der Waals surface area contributed by atoms with E-state index >= 15 is 0 Å². The minimum absolute atomic E-state index is 0.00812. The number of H-pyrrole nitrogens is 2. The molecular weight excluding hydrogens is 709 g/mol. The largest absolute Gasteiger partial charge is 0.453 e. The summed E-state index contributed by atoms with van der Waals surface area (Å²) in [6.07, 6.45) is 3.49. The second kappa shape index (κ2) is 14.5. The van der Waals surface area contributed by atoms with E-state index in [9.17, 15) is 9.59 Å². The molecule has 2 saturated heterocycles. The van der Waals surface area contributed by atoms with Crippen molar-refractivity contribution in [1.82, 2.24) is 30.2 Å². The second-order valence-corrected chi connectivity index (χ2v) is 16.5. The average molecular weight is 759 g/mol. The quantitative estimate of drug-likeness (QED) is 0.145. The standard InChI is InChI=1S/C41H49Cl2N7O3/c1-8-32-44-27-17-15-25(33(42)36(27)46-32)29-19-20-30(50(29)24-13-11-23(12-14-24)41(4,5)6)26-16-18-28-37(34(26)43)47-38(45-28)31-10-9-21-49(31)39(51)35(22(2)3)48-40(52)53-7/h11-18,22,29-31,35H,8-10,19-21H2,1-7H3,(H,44,46)(H,45,47)(H,48,52). The highest BCUT2D eigenvalue weighted by Crippen LogP contribution is 2.51. The molecule has 3 aromatic carbocycles.